The molecule has 0 atom stereocenters. The molecule has 150 valence electrons. The zero-order valence-corrected chi connectivity index (χ0v) is 16.6. The number of carbonyl (C=O) groups excluding carboxylic acids is 4. The highest BCUT2D eigenvalue weighted by atomic mass is 16.2. The van der Waals surface area contributed by atoms with Crippen LogP contribution in [0, 0.1) is 0 Å². The molecule has 2 aromatic rings. The van der Waals surface area contributed by atoms with Crippen molar-refractivity contribution in [2.24, 2.45) is 0 Å². The Morgan fingerprint density at radius 1 is 0.862 bits per heavy atom. The van der Waals surface area contributed by atoms with Gasteiger partial charge in [-0.15, -0.1) is 0 Å². The Kier molecular flexibility index (Phi) is 5.50. The van der Waals surface area contributed by atoms with Gasteiger partial charge in [-0.1, -0.05) is 63.2 Å². The predicted molar refractivity (Wildman–Crippen MR) is 108 cm³/mol. The Hall–Kier alpha value is -3.48. The first-order valence-corrected chi connectivity index (χ1v) is 9.28. The van der Waals surface area contributed by atoms with Gasteiger partial charge in [0.25, 0.3) is 0 Å². The maximum Gasteiger partial charge on any atom is 0.335 e. The second-order valence-corrected chi connectivity index (χ2v) is 7.93. The first-order chi connectivity index (χ1) is 13.7. The summed E-state index contributed by atoms with van der Waals surface area (Å²) >= 11 is 0. The van der Waals surface area contributed by atoms with Crippen molar-refractivity contribution < 1.29 is 19.2 Å². The third-order valence-electron chi connectivity index (χ3n) is 4.65. The summed E-state index contributed by atoms with van der Waals surface area (Å²) < 4.78 is 0. The molecule has 0 unspecified atom stereocenters. The van der Waals surface area contributed by atoms with Crippen molar-refractivity contribution in [3.63, 3.8) is 0 Å². The number of urea groups is 1. The maximum atomic E-state index is 12.5. The van der Waals surface area contributed by atoms with E-state index in [2.05, 4.69) is 26.1 Å². The monoisotopic (exact) mass is 393 g/mol. The number of anilines is 1. The molecule has 29 heavy (non-hydrogen) atoms. The molecule has 0 bridgehead atoms. The van der Waals surface area contributed by atoms with Crippen molar-refractivity contribution in [3.8, 4) is 0 Å². The van der Waals surface area contributed by atoms with Crippen LogP contribution < -0.4 is 5.32 Å². The van der Waals surface area contributed by atoms with Crippen LogP contribution in [0.25, 0.3) is 0 Å². The summed E-state index contributed by atoms with van der Waals surface area (Å²) in [5, 5.41) is 2.65. The van der Waals surface area contributed by atoms with E-state index in [1.165, 1.54) is 0 Å². The van der Waals surface area contributed by atoms with E-state index in [1.807, 2.05) is 18.2 Å². The van der Waals surface area contributed by atoms with E-state index < -0.39 is 30.3 Å². The number of nitrogens with one attached hydrogen (secondary N) is 1. The molecule has 5 amide bonds. The second-order valence-electron chi connectivity index (χ2n) is 7.93. The third kappa shape index (κ3) is 4.51. The van der Waals surface area contributed by atoms with Crippen LogP contribution in [-0.2, 0) is 26.3 Å². The molecule has 1 heterocycles. The van der Waals surface area contributed by atoms with Crippen molar-refractivity contribution in [2.75, 3.05) is 11.9 Å². The van der Waals surface area contributed by atoms with E-state index in [0.717, 1.165) is 10.5 Å². The largest absolute Gasteiger partial charge is 0.335 e. The van der Waals surface area contributed by atoms with E-state index in [0.29, 0.717) is 16.2 Å². The lowest BCUT2D eigenvalue weighted by Crippen LogP contribution is -2.38. The molecule has 1 fully saturated rings. The predicted octanol–water partition coefficient (Wildman–Crippen LogP) is 2.91. The lowest BCUT2D eigenvalue weighted by molar-refractivity contribution is -0.143. The number of imide groups is 2. The molecule has 7 nitrogen and oxygen atoms in total. The van der Waals surface area contributed by atoms with Crippen molar-refractivity contribution in [2.45, 2.75) is 32.7 Å². The molecule has 0 radical (unpaired) electrons. The van der Waals surface area contributed by atoms with Gasteiger partial charge in [0.1, 0.15) is 6.54 Å². The van der Waals surface area contributed by atoms with Gasteiger partial charge in [0, 0.05) is 5.69 Å². The van der Waals surface area contributed by atoms with Gasteiger partial charge in [-0.25, -0.2) is 9.69 Å². The lowest BCUT2D eigenvalue weighted by atomic mass is 9.87. The van der Waals surface area contributed by atoms with Gasteiger partial charge in [0.05, 0.1) is 6.54 Å². The fraction of sp³-hybridized carbons (Fsp3) is 0.273. The highest BCUT2D eigenvalue weighted by Crippen LogP contribution is 2.23. The van der Waals surface area contributed by atoms with Gasteiger partial charge in [-0.2, -0.15) is 0 Å². The van der Waals surface area contributed by atoms with Crippen LogP contribution in [0.3, 0.4) is 0 Å². The molecule has 1 aliphatic heterocycles. The molecule has 7 heteroatoms. The van der Waals surface area contributed by atoms with E-state index in [9.17, 15) is 19.2 Å². The zero-order chi connectivity index (χ0) is 21.2. The summed E-state index contributed by atoms with van der Waals surface area (Å²) in [5.41, 5.74) is 2.36. The number of amides is 5. The minimum absolute atomic E-state index is 0.0144. The minimum atomic E-state index is -0.996. The third-order valence-corrected chi connectivity index (χ3v) is 4.65. The molecule has 3 rings (SSSR count). The van der Waals surface area contributed by atoms with E-state index in [-0.39, 0.29) is 12.0 Å². The smallest absolute Gasteiger partial charge is 0.325 e. The van der Waals surface area contributed by atoms with Gasteiger partial charge in [-0.3, -0.25) is 19.3 Å². The topological polar surface area (TPSA) is 86.8 Å². The summed E-state index contributed by atoms with van der Waals surface area (Å²) in [6, 6.07) is 15.4. The van der Waals surface area contributed by atoms with E-state index >= 15 is 0 Å². The molecular weight excluding hydrogens is 370 g/mol. The molecule has 0 aromatic heterocycles. The SMILES string of the molecule is CC(C)(C)c1ccc(NC(=O)CN2C(=O)C(=O)N(Cc3ccccc3)C2=O)cc1. The van der Waals surface area contributed by atoms with E-state index in [4.69, 9.17) is 0 Å². The van der Waals surface area contributed by atoms with Crippen molar-refractivity contribution >= 4 is 29.4 Å². The quantitative estimate of drug-likeness (QED) is 0.625. The Bertz CT molecular complexity index is 946. The molecule has 0 saturated carbocycles. The van der Waals surface area contributed by atoms with Gasteiger partial charge < -0.3 is 5.32 Å². The highest BCUT2D eigenvalue weighted by Gasteiger charge is 2.45. The van der Waals surface area contributed by atoms with Crippen molar-refractivity contribution in [1.82, 2.24) is 9.80 Å². The Morgan fingerprint density at radius 3 is 2.03 bits per heavy atom. The molecule has 1 N–H and O–H groups in total. The van der Waals surface area contributed by atoms with Crippen LogP contribution in [-0.4, -0.2) is 40.1 Å². The van der Waals surface area contributed by atoms with E-state index in [1.54, 1.807) is 36.4 Å². The molecule has 1 saturated heterocycles. The van der Waals surface area contributed by atoms with Crippen LogP contribution in [0.5, 0.6) is 0 Å². The average Bonchev–Trinajstić information content (AvgIpc) is 2.87. The highest BCUT2D eigenvalue weighted by molar-refractivity contribution is 6.45. The number of nitrogens with zero attached hydrogens (tertiary/aromatic N) is 2. The van der Waals surface area contributed by atoms with Crippen molar-refractivity contribution in [3.05, 3.63) is 65.7 Å². The summed E-state index contributed by atoms with van der Waals surface area (Å²) in [6.07, 6.45) is 0. The maximum absolute atomic E-state index is 12.5. The molecule has 2 aromatic carbocycles. The van der Waals surface area contributed by atoms with Crippen LogP contribution >= 0.6 is 0 Å². The Balaban J connectivity index is 1.64. The van der Waals surface area contributed by atoms with Crippen LogP contribution in [0.4, 0.5) is 10.5 Å². The lowest BCUT2D eigenvalue weighted by Gasteiger charge is -2.19. The fourth-order valence-electron chi connectivity index (χ4n) is 2.99. The molecular formula is C22H23N3O4. The number of carbonyl (C=O) groups is 4. The number of rotatable bonds is 5. The second kappa shape index (κ2) is 7.87. The number of hydrogen-bond donors (Lipinski definition) is 1. The zero-order valence-electron chi connectivity index (χ0n) is 16.6. The Morgan fingerprint density at radius 2 is 1.45 bits per heavy atom. The van der Waals surface area contributed by atoms with Crippen LogP contribution in [0.15, 0.2) is 54.6 Å². The first kappa shape index (κ1) is 20.3. The summed E-state index contributed by atoms with van der Waals surface area (Å²) in [7, 11) is 0. The van der Waals surface area contributed by atoms with Gasteiger partial charge in [-0.05, 0) is 28.7 Å². The van der Waals surface area contributed by atoms with Gasteiger partial charge in [0.2, 0.25) is 5.91 Å². The molecule has 0 spiro atoms. The summed E-state index contributed by atoms with van der Waals surface area (Å²) in [4.78, 5) is 50.7. The van der Waals surface area contributed by atoms with Crippen LogP contribution in [0.2, 0.25) is 0 Å². The summed E-state index contributed by atoms with van der Waals surface area (Å²) in [5.74, 6) is -2.48. The molecule has 1 aliphatic rings. The van der Waals surface area contributed by atoms with Gasteiger partial charge in [0.15, 0.2) is 0 Å². The fourth-order valence-corrected chi connectivity index (χ4v) is 2.99. The van der Waals surface area contributed by atoms with Gasteiger partial charge >= 0.3 is 17.8 Å². The standard InChI is InChI=1S/C22H23N3O4/c1-22(2,3)16-9-11-17(12-10-16)23-18(26)14-25-20(28)19(27)24(21(25)29)13-15-7-5-4-6-8-15/h4-12H,13-14H2,1-3H3,(H,23,26). The average molecular weight is 393 g/mol. The Labute approximate surface area is 169 Å². The molecule has 0 aliphatic carbocycles. The van der Waals surface area contributed by atoms with Crippen molar-refractivity contribution in [1.29, 1.82) is 0 Å². The normalized spacial score (nSPS) is 14.5. The van der Waals surface area contributed by atoms with Crippen LogP contribution in [0.1, 0.15) is 31.9 Å². The summed E-state index contributed by atoms with van der Waals surface area (Å²) in [6.45, 7) is 5.72. The minimum Gasteiger partial charge on any atom is -0.325 e. The first-order valence-electron chi connectivity index (χ1n) is 9.28. The number of hydrogen-bond acceptors (Lipinski definition) is 4. The number of benzene rings is 2.